The fraction of sp³-hybridized carbons (Fsp3) is 0.188. The van der Waals surface area contributed by atoms with E-state index in [-0.39, 0.29) is 11.6 Å². The smallest absolute Gasteiger partial charge is 0.254 e. The first-order chi connectivity index (χ1) is 10.0. The second-order valence-corrected chi connectivity index (χ2v) is 5.48. The highest BCUT2D eigenvalue weighted by Gasteiger charge is 2.17. The van der Waals surface area contributed by atoms with Crippen molar-refractivity contribution >= 4 is 29.1 Å². The summed E-state index contributed by atoms with van der Waals surface area (Å²) in [5.41, 5.74) is 0.854. The SMILES string of the molecule is CCC(NC(=O)c1cc(Cl)ccc1F)c1ccc(Cl)cc1. The number of rotatable bonds is 4. The predicted molar refractivity (Wildman–Crippen MR) is 83.4 cm³/mol. The summed E-state index contributed by atoms with van der Waals surface area (Å²) in [7, 11) is 0. The number of halogens is 3. The van der Waals surface area contributed by atoms with Gasteiger partial charge in [-0.05, 0) is 42.3 Å². The molecule has 0 saturated heterocycles. The Kier molecular flexibility index (Phi) is 5.21. The van der Waals surface area contributed by atoms with E-state index in [0.29, 0.717) is 16.5 Å². The Morgan fingerprint density at radius 2 is 1.76 bits per heavy atom. The van der Waals surface area contributed by atoms with Crippen molar-refractivity contribution < 1.29 is 9.18 Å². The van der Waals surface area contributed by atoms with E-state index >= 15 is 0 Å². The van der Waals surface area contributed by atoms with E-state index in [1.54, 1.807) is 12.1 Å². The first-order valence-corrected chi connectivity index (χ1v) is 7.28. The lowest BCUT2D eigenvalue weighted by atomic mass is 10.0. The van der Waals surface area contributed by atoms with Crippen molar-refractivity contribution in [3.05, 3.63) is 69.5 Å². The molecular weight excluding hydrogens is 312 g/mol. The quantitative estimate of drug-likeness (QED) is 0.840. The first kappa shape index (κ1) is 15.8. The van der Waals surface area contributed by atoms with Gasteiger partial charge < -0.3 is 5.32 Å². The molecule has 0 aliphatic heterocycles. The van der Waals surface area contributed by atoms with Gasteiger partial charge in [0.15, 0.2) is 0 Å². The van der Waals surface area contributed by atoms with Gasteiger partial charge in [-0.1, -0.05) is 42.3 Å². The van der Waals surface area contributed by atoms with Gasteiger partial charge in [0.05, 0.1) is 11.6 Å². The first-order valence-electron chi connectivity index (χ1n) is 6.52. The van der Waals surface area contributed by atoms with Crippen LogP contribution in [-0.4, -0.2) is 5.91 Å². The van der Waals surface area contributed by atoms with Gasteiger partial charge in [-0.3, -0.25) is 4.79 Å². The van der Waals surface area contributed by atoms with E-state index in [4.69, 9.17) is 23.2 Å². The molecule has 1 N–H and O–H groups in total. The Morgan fingerprint density at radius 1 is 1.14 bits per heavy atom. The molecule has 1 amide bonds. The van der Waals surface area contributed by atoms with Crippen molar-refractivity contribution in [3.63, 3.8) is 0 Å². The Morgan fingerprint density at radius 3 is 2.38 bits per heavy atom. The molecule has 0 spiro atoms. The lowest BCUT2D eigenvalue weighted by Crippen LogP contribution is -2.28. The highest BCUT2D eigenvalue weighted by atomic mass is 35.5. The zero-order valence-electron chi connectivity index (χ0n) is 11.4. The zero-order chi connectivity index (χ0) is 15.4. The van der Waals surface area contributed by atoms with Crippen LogP contribution in [0.4, 0.5) is 4.39 Å². The van der Waals surface area contributed by atoms with E-state index < -0.39 is 11.7 Å². The largest absolute Gasteiger partial charge is 0.345 e. The lowest BCUT2D eigenvalue weighted by Gasteiger charge is -2.18. The monoisotopic (exact) mass is 325 g/mol. The summed E-state index contributed by atoms with van der Waals surface area (Å²) in [6.07, 6.45) is 0.676. The number of carbonyl (C=O) groups excluding carboxylic acids is 1. The molecule has 1 unspecified atom stereocenters. The third-order valence-corrected chi connectivity index (χ3v) is 3.65. The summed E-state index contributed by atoms with van der Waals surface area (Å²) >= 11 is 11.7. The van der Waals surface area contributed by atoms with Gasteiger partial charge in [0.25, 0.3) is 5.91 Å². The van der Waals surface area contributed by atoms with Gasteiger partial charge in [-0.2, -0.15) is 0 Å². The minimum atomic E-state index is -0.595. The number of carbonyl (C=O) groups is 1. The van der Waals surface area contributed by atoms with Crippen molar-refractivity contribution in [1.29, 1.82) is 0 Å². The van der Waals surface area contributed by atoms with Crippen LogP contribution in [0.15, 0.2) is 42.5 Å². The van der Waals surface area contributed by atoms with Crippen LogP contribution in [0.25, 0.3) is 0 Å². The minimum Gasteiger partial charge on any atom is -0.345 e. The molecule has 0 bridgehead atoms. The summed E-state index contributed by atoms with van der Waals surface area (Å²) in [5.74, 6) is -1.08. The van der Waals surface area contributed by atoms with Crippen LogP contribution in [0.3, 0.4) is 0 Å². The number of hydrogen-bond donors (Lipinski definition) is 1. The number of nitrogens with one attached hydrogen (secondary N) is 1. The van der Waals surface area contributed by atoms with E-state index in [2.05, 4.69) is 5.32 Å². The molecule has 21 heavy (non-hydrogen) atoms. The van der Waals surface area contributed by atoms with Gasteiger partial charge in [0.1, 0.15) is 5.82 Å². The van der Waals surface area contributed by atoms with Crippen molar-refractivity contribution in [2.75, 3.05) is 0 Å². The van der Waals surface area contributed by atoms with Crippen molar-refractivity contribution in [3.8, 4) is 0 Å². The molecule has 0 aliphatic rings. The van der Waals surface area contributed by atoms with E-state index in [9.17, 15) is 9.18 Å². The summed E-state index contributed by atoms with van der Waals surface area (Å²) < 4.78 is 13.7. The fourth-order valence-corrected chi connectivity index (χ4v) is 2.32. The lowest BCUT2D eigenvalue weighted by molar-refractivity contribution is 0.0931. The average molecular weight is 326 g/mol. The van der Waals surface area contributed by atoms with Crippen molar-refractivity contribution in [2.45, 2.75) is 19.4 Å². The van der Waals surface area contributed by atoms with Crippen LogP contribution < -0.4 is 5.32 Å². The molecule has 0 aromatic heterocycles. The normalized spacial score (nSPS) is 12.0. The zero-order valence-corrected chi connectivity index (χ0v) is 12.9. The van der Waals surface area contributed by atoms with Gasteiger partial charge in [-0.15, -0.1) is 0 Å². The molecule has 5 heteroatoms. The van der Waals surface area contributed by atoms with Crippen LogP contribution >= 0.6 is 23.2 Å². The Balaban J connectivity index is 2.20. The van der Waals surface area contributed by atoms with Gasteiger partial charge >= 0.3 is 0 Å². The van der Waals surface area contributed by atoms with Crippen molar-refractivity contribution in [2.24, 2.45) is 0 Å². The second kappa shape index (κ2) is 6.92. The molecule has 2 nitrogen and oxygen atoms in total. The third-order valence-electron chi connectivity index (χ3n) is 3.16. The molecule has 110 valence electrons. The van der Waals surface area contributed by atoms with Crippen molar-refractivity contribution in [1.82, 2.24) is 5.32 Å². The second-order valence-electron chi connectivity index (χ2n) is 4.61. The van der Waals surface area contributed by atoms with Gasteiger partial charge in [0, 0.05) is 10.0 Å². The predicted octanol–water partition coefficient (Wildman–Crippen LogP) is 5.01. The standard InChI is InChI=1S/C16H14Cl2FNO/c1-2-15(10-3-5-11(17)6-4-10)20-16(21)13-9-12(18)7-8-14(13)19/h3-9,15H,2H2,1H3,(H,20,21). The molecule has 2 aromatic rings. The summed E-state index contributed by atoms with van der Waals surface area (Å²) in [6, 6.07) is 10.9. The third kappa shape index (κ3) is 3.96. The Labute approximate surface area is 132 Å². The van der Waals surface area contributed by atoms with Gasteiger partial charge in [-0.25, -0.2) is 4.39 Å². The molecular formula is C16H14Cl2FNO. The van der Waals surface area contributed by atoms with Crippen LogP contribution in [-0.2, 0) is 0 Å². The van der Waals surface area contributed by atoms with E-state index in [0.717, 1.165) is 5.56 Å². The Bertz CT molecular complexity index is 643. The minimum absolute atomic E-state index is 0.0603. The molecule has 2 aromatic carbocycles. The maximum atomic E-state index is 13.7. The fourth-order valence-electron chi connectivity index (χ4n) is 2.02. The van der Waals surface area contributed by atoms with Crippen LogP contribution in [0, 0.1) is 5.82 Å². The van der Waals surface area contributed by atoms with E-state index in [1.807, 2.05) is 19.1 Å². The number of hydrogen-bond acceptors (Lipinski definition) is 1. The molecule has 2 rings (SSSR count). The van der Waals surface area contributed by atoms with Gasteiger partial charge in [0.2, 0.25) is 0 Å². The van der Waals surface area contributed by atoms with Crippen LogP contribution in [0.5, 0.6) is 0 Å². The summed E-state index contributed by atoms with van der Waals surface area (Å²) in [5, 5.41) is 3.75. The summed E-state index contributed by atoms with van der Waals surface area (Å²) in [4.78, 5) is 12.2. The maximum absolute atomic E-state index is 13.7. The molecule has 0 saturated carbocycles. The highest BCUT2D eigenvalue weighted by Crippen LogP contribution is 2.21. The molecule has 0 fully saturated rings. The summed E-state index contributed by atoms with van der Waals surface area (Å²) in [6.45, 7) is 1.94. The van der Waals surface area contributed by atoms with E-state index in [1.165, 1.54) is 18.2 Å². The maximum Gasteiger partial charge on any atom is 0.254 e. The topological polar surface area (TPSA) is 29.1 Å². The molecule has 0 heterocycles. The highest BCUT2D eigenvalue weighted by molar-refractivity contribution is 6.31. The molecule has 1 atom stereocenters. The van der Waals surface area contributed by atoms with Crippen LogP contribution in [0.1, 0.15) is 35.3 Å². The number of benzene rings is 2. The molecule has 0 aliphatic carbocycles. The molecule has 0 radical (unpaired) electrons. The van der Waals surface area contributed by atoms with Crippen LogP contribution in [0.2, 0.25) is 10.0 Å². The number of amides is 1. The average Bonchev–Trinajstić information content (AvgIpc) is 2.48. The Hall–Kier alpha value is -1.58.